The van der Waals surface area contributed by atoms with Gasteiger partial charge >= 0.3 is 0 Å². The van der Waals surface area contributed by atoms with Gasteiger partial charge in [-0.25, -0.2) is 0 Å². The molecule has 0 aliphatic carbocycles. The van der Waals surface area contributed by atoms with Crippen LogP contribution in [-0.4, -0.2) is 18.5 Å². The minimum atomic E-state index is -0.0984. The molecule has 0 aromatic heterocycles. The van der Waals surface area contributed by atoms with E-state index < -0.39 is 0 Å². The Morgan fingerprint density at radius 3 is 2.12 bits per heavy atom. The van der Waals surface area contributed by atoms with Crippen LogP contribution in [-0.2, 0) is 6.42 Å². The molecule has 3 aromatic rings. The first-order valence-electron chi connectivity index (χ1n) is 8.47. The van der Waals surface area contributed by atoms with Gasteiger partial charge in [-0.1, -0.05) is 78.9 Å². The summed E-state index contributed by atoms with van der Waals surface area (Å²) in [5.41, 5.74) is 9.67. The zero-order valence-electron chi connectivity index (χ0n) is 14.1. The molecular weight excluding hydrogens is 308 g/mol. The number of hydrogen-bond donors (Lipinski definition) is 2. The Bertz CT molecular complexity index is 816. The quantitative estimate of drug-likeness (QED) is 0.725. The van der Waals surface area contributed by atoms with Gasteiger partial charge in [0.25, 0.3) is 5.91 Å². The third-order valence-electron chi connectivity index (χ3n) is 4.20. The maximum atomic E-state index is 12.8. The van der Waals surface area contributed by atoms with E-state index >= 15 is 0 Å². The van der Waals surface area contributed by atoms with Crippen molar-refractivity contribution in [1.29, 1.82) is 0 Å². The van der Waals surface area contributed by atoms with E-state index in [1.165, 1.54) is 0 Å². The third-order valence-corrected chi connectivity index (χ3v) is 4.20. The van der Waals surface area contributed by atoms with E-state index in [1.807, 2.05) is 84.9 Å². The van der Waals surface area contributed by atoms with Crippen LogP contribution in [0.5, 0.6) is 0 Å². The summed E-state index contributed by atoms with van der Waals surface area (Å²) < 4.78 is 0. The van der Waals surface area contributed by atoms with Crippen molar-refractivity contribution in [3.63, 3.8) is 0 Å². The Labute approximate surface area is 148 Å². The Balaban J connectivity index is 1.79. The average Bonchev–Trinajstić information content (AvgIpc) is 2.69. The van der Waals surface area contributed by atoms with Gasteiger partial charge in [0.2, 0.25) is 0 Å². The van der Waals surface area contributed by atoms with Crippen molar-refractivity contribution in [3.05, 3.63) is 96.1 Å². The Kier molecular flexibility index (Phi) is 5.60. The fourth-order valence-electron chi connectivity index (χ4n) is 2.91. The van der Waals surface area contributed by atoms with E-state index in [2.05, 4.69) is 5.32 Å². The smallest absolute Gasteiger partial charge is 0.252 e. The number of benzene rings is 3. The Morgan fingerprint density at radius 2 is 1.44 bits per heavy atom. The van der Waals surface area contributed by atoms with E-state index in [0.29, 0.717) is 12.1 Å². The molecule has 0 saturated carbocycles. The second kappa shape index (κ2) is 8.27. The highest BCUT2D eigenvalue weighted by Crippen LogP contribution is 2.23. The summed E-state index contributed by atoms with van der Waals surface area (Å²) in [7, 11) is 0. The molecular formula is C22H22N2O. The SMILES string of the molecule is NCC(Cc1ccccc1)NC(=O)c1ccccc1-c1ccccc1. The van der Waals surface area contributed by atoms with E-state index in [1.54, 1.807) is 0 Å². The number of nitrogens with one attached hydrogen (secondary N) is 1. The van der Waals surface area contributed by atoms with Gasteiger partial charge < -0.3 is 11.1 Å². The second-order valence-electron chi connectivity index (χ2n) is 6.01. The van der Waals surface area contributed by atoms with Gasteiger partial charge in [-0.3, -0.25) is 4.79 Å². The van der Waals surface area contributed by atoms with Gasteiger partial charge in [-0.05, 0) is 29.2 Å². The van der Waals surface area contributed by atoms with Crippen molar-refractivity contribution in [2.75, 3.05) is 6.54 Å². The minimum absolute atomic E-state index is 0.0918. The summed E-state index contributed by atoms with van der Waals surface area (Å²) in [5.74, 6) is -0.0918. The Hall–Kier alpha value is -2.91. The van der Waals surface area contributed by atoms with Crippen LogP contribution in [0.2, 0.25) is 0 Å². The number of rotatable bonds is 6. The van der Waals surface area contributed by atoms with Crippen LogP contribution >= 0.6 is 0 Å². The maximum absolute atomic E-state index is 12.8. The molecule has 126 valence electrons. The molecule has 3 rings (SSSR count). The number of amides is 1. The van der Waals surface area contributed by atoms with Gasteiger partial charge in [0.15, 0.2) is 0 Å². The summed E-state index contributed by atoms with van der Waals surface area (Å²) >= 11 is 0. The largest absolute Gasteiger partial charge is 0.348 e. The summed E-state index contributed by atoms with van der Waals surface area (Å²) in [5, 5.41) is 3.08. The molecule has 1 atom stereocenters. The van der Waals surface area contributed by atoms with Crippen molar-refractivity contribution < 1.29 is 4.79 Å². The van der Waals surface area contributed by atoms with E-state index in [9.17, 15) is 4.79 Å². The van der Waals surface area contributed by atoms with Gasteiger partial charge in [0.05, 0.1) is 0 Å². The molecule has 0 saturated heterocycles. The minimum Gasteiger partial charge on any atom is -0.348 e. The van der Waals surface area contributed by atoms with Crippen LogP contribution in [0.1, 0.15) is 15.9 Å². The molecule has 0 aliphatic heterocycles. The normalized spacial score (nSPS) is 11.7. The summed E-state index contributed by atoms with van der Waals surface area (Å²) in [4.78, 5) is 12.8. The first-order chi connectivity index (χ1) is 12.3. The zero-order chi connectivity index (χ0) is 17.5. The van der Waals surface area contributed by atoms with E-state index in [4.69, 9.17) is 5.73 Å². The third kappa shape index (κ3) is 4.34. The molecule has 3 nitrogen and oxygen atoms in total. The average molecular weight is 330 g/mol. The van der Waals surface area contributed by atoms with Crippen molar-refractivity contribution in [3.8, 4) is 11.1 Å². The van der Waals surface area contributed by atoms with Crippen molar-refractivity contribution in [2.24, 2.45) is 5.73 Å². The number of nitrogens with two attached hydrogens (primary N) is 1. The fraction of sp³-hybridized carbons (Fsp3) is 0.136. The number of carbonyl (C=O) groups excluding carboxylic acids is 1. The molecule has 0 fully saturated rings. The maximum Gasteiger partial charge on any atom is 0.252 e. The lowest BCUT2D eigenvalue weighted by molar-refractivity contribution is 0.0938. The van der Waals surface area contributed by atoms with Crippen molar-refractivity contribution >= 4 is 5.91 Å². The molecule has 0 aliphatic rings. The lowest BCUT2D eigenvalue weighted by atomic mass is 9.98. The standard InChI is InChI=1S/C22H22N2O/c23-16-19(15-17-9-3-1-4-10-17)24-22(25)21-14-8-7-13-20(21)18-11-5-2-6-12-18/h1-14,19H,15-16,23H2,(H,24,25). The van der Waals surface area contributed by atoms with Gasteiger partial charge in [-0.15, -0.1) is 0 Å². The first kappa shape index (κ1) is 16.9. The second-order valence-corrected chi connectivity index (χ2v) is 6.01. The fourth-order valence-corrected chi connectivity index (χ4v) is 2.91. The lowest BCUT2D eigenvalue weighted by Gasteiger charge is -2.18. The zero-order valence-corrected chi connectivity index (χ0v) is 14.1. The van der Waals surface area contributed by atoms with Crippen LogP contribution < -0.4 is 11.1 Å². The summed E-state index contributed by atoms with van der Waals surface area (Å²) in [6.45, 7) is 0.397. The summed E-state index contributed by atoms with van der Waals surface area (Å²) in [6.07, 6.45) is 0.719. The highest BCUT2D eigenvalue weighted by atomic mass is 16.1. The number of carbonyl (C=O) groups is 1. The van der Waals surface area contributed by atoms with Crippen molar-refractivity contribution in [1.82, 2.24) is 5.32 Å². The van der Waals surface area contributed by atoms with Crippen LogP contribution in [0.3, 0.4) is 0 Å². The van der Waals surface area contributed by atoms with Gasteiger partial charge in [-0.2, -0.15) is 0 Å². The molecule has 3 heteroatoms. The molecule has 3 N–H and O–H groups in total. The molecule has 3 aromatic carbocycles. The van der Waals surface area contributed by atoms with Crippen LogP contribution in [0.4, 0.5) is 0 Å². The van der Waals surface area contributed by atoms with Crippen molar-refractivity contribution in [2.45, 2.75) is 12.5 Å². The van der Waals surface area contributed by atoms with Crippen LogP contribution in [0.25, 0.3) is 11.1 Å². The first-order valence-corrected chi connectivity index (χ1v) is 8.47. The summed E-state index contributed by atoms with van der Waals surface area (Å²) in [6, 6.07) is 27.6. The molecule has 1 amide bonds. The number of hydrogen-bond acceptors (Lipinski definition) is 2. The molecule has 0 bridgehead atoms. The molecule has 1 unspecified atom stereocenters. The Morgan fingerprint density at radius 1 is 0.840 bits per heavy atom. The van der Waals surface area contributed by atoms with E-state index in [-0.39, 0.29) is 11.9 Å². The van der Waals surface area contributed by atoms with Gasteiger partial charge in [0, 0.05) is 18.2 Å². The topological polar surface area (TPSA) is 55.1 Å². The van der Waals surface area contributed by atoms with Crippen LogP contribution in [0.15, 0.2) is 84.9 Å². The molecule has 0 heterocycles. The predicted octanol–water partition coefficient (Wildman–Crippen LogP) is 3.65. The highest BCUT2D eigenvalue weighted by Gasteiger charge is 2.16. The lowest BCUT2D eigenvalue weighted by Crippen LogP contribution is -2.41. The monoisotopic (exact) mass is 330 g/mol. The van der Waals surface area contributed by atoms with Gasteiger partial charge in [0.1, 0.15) is 0 Å². The highest BCUT2D eigenvalue weighted by molar-refractivity contribution is 6.01. The van der Waals surface area contributed by atoms with E-state index in [0.717, 1.165) is 23.1 Å². The molecule has 0 spiro atoms. The van der Waals surface area contributed by atoms with Crippen LogP contribution in [0, 0.1) is 0 Å². The molecule has 0 radical (unpaired) electrons. The predicted molar refractivity (Wildman–Crippen MR) is 102 cm³/mol. The molecule has 25 heavy (non-hydrogen) atoms.